The summed E-state index contributed by atoms with van der Waals surface area (Å²) in [6.45, 7) is 7.34. The summed E-state index contributed by atoms with van der Waals surface area (Å²) < 4.78 is 2.15. The summed E-state index contributed by atoms with van der Waals surface area (Å²) in [5.74, 6) is 0. The van der Waals surface area contributed by atoms with Gasteiger partial charge in [-0.15, -0.1) is 0 Å². The minimum absolute atomic E-state index is 0.910. The van der Waals surface area contributed by atoms with Gasteiger partial charge < -0.3 is 9.47 Å². The zero-order valence-corrected chi connectivity index (χ0v) is 12.4. The lowest BCUT2D eigenvalue weighted by atomic mass is 10.1. The van der Waals surface area contributed by atoms with Crippen molar-refractivity contribution in [2.45, 2.75) is 13.5 Å². The number of nitrogens with zero attached hydrogens (tertiary/aromatic N) is 2. The first kappa shape index (κ1) is 12.3. The van der Waals surface area contributed by atoms with E-state index in [2.05, 4.69) is 78.7 Å². The molecule has 0 unspecified atom stereocenters. The Morgan fingerprint density at radius 1 is 1.05 bits per heavy atom. The number of fused-ring (bicyclic) bond motifs is 2. The molecule has 2 heterocycles. The summed E-state index contributed by atoms with van der Waals surface area (Å²) in [6.07, 6.45) is 2.10. The van der Waals surface area contributed by atoms with E-state index in [0.717, 1.165) is 12.2 Å². The second-order valence-corrected chi connectivity index (χ2v) is 5.86. The average Bonchev–Trinajstić information content (AvgIpc) is 3.01. The molecule has 0 saturated heterocycles. The molecule has 0 N–H and O–H groups in total. The zero-order valence-electron chi connectivity index (χ0n) is 12.4. The number of rotatable bonds is 1. The van der Waals surface area contributed by atoms with E-state index in [4.69, 9.17) is 0 Å². The quantitative estimate of drug-likeness (QED) is 0.635. The SMILES string of the molecule is C=C1c2cc(C)ccc2CN1c1ccc2c(ccn2C)c1. The molecule has 0 atom stereocenters. The Morgan fingerprint density at radius 3 is 2.76 bits per heavy atom. The fourth-order valence-electron chi connectivity index (χ4n) is 3.19. The lowest BCUT2D eigenvalue weighted by Crippen LogP contribution is -2.12. The van der Waals surface area contributed by atoms with Crippen LogP contribution in [0.1, 0.15) is 16.7 Å². The second kappa shape index (κ2) is 4.26. The molecule has 2 aromatic carbocycles. The lowest BCUT2D eigenvalue weighted by Gasteiger charge is -2.19. The van der Waals surface area contributed by atoms with Crippen molar-refractivity contribution >= 4 is 22.3 Å². The molecule has 0 amide bonds. The maximum atomic E-state index is 4.30. The van der Waals surface area contributed by atoms with Crippen LogP contribution in [0.3, 0.4) is 0 Å². The van der Waals surface area contributed by atoms with E-state index >= 15 is 0 Å². The number of benzene rings is 2. The van der Waals surface area contributed by atoms with E-state index in [1.165, 1.54) is 33.3 Å². The smallest absolute Gasteiger partial charge is 0.0488 e. The molecular formula is C19H18N2. The highest BCUT2D eigenvalue weighted by Crippen LogP contribution is 2.37. The van der Waals surface area contributed by atoms with Gasteiger partial charge in [0.15, 0.2) is 0 Å². The molecule has 0 aliphatic carbocycles. The molecule has 0 saturated carbocycles. The molecule has 1 aromatic heterocycles. The molecule has 0 bridgehead atoms. The largest absolute Gasteiger partial charge is 0.351 e. The Morgan fingerprint density at radius 2 is 1.90 bits per heavy atom. The normalized spacial score (nSPS) is 14.0. The van der Waals surface area contributed by atoms with Gasteiger partial charge in [-0.2, -0.15) is 0 Å². The van der Waals surface area contributed by atoms with Gasteiger partial charge in [0.05, 0.1) is 0 Å². The van der Waals surface area contributed by atoms with Gasteiger partial charge in [0.1, 0.15) is 0 Å². The van der Waals surface area contributed by atoms with Crippen LogP contribution < -0.4 is 4.90 Å². The molecule has 3 aromatic rings. The van der Waals surface area contributed by atoms with Crippen molar-refractivity contribution in [2.24, 2.45) is 7.05 Å². The van der Waals surface area contributed by atoms with E-state index in [-0.39, 0.29) is 0 Å². The van der Waals surface area contributed by atoms with Gasteiger partial charge in [0.2, 0.25) is 0 Å². The highest BCUT2D eigenvalue weighted by atomic mass is 15.2. The molecule has 4 rings (SSSR count). The van der Waals surface area contributed by atoms with Crippen LogP contribution in [0.15, 0.2) is 55.2 Å². The molecule has 1 aliphatic heterocycles. The summed E-state index contributed by atoms with van der Waals surface area (Å²) in [5, 5.41) is 1.27. The summed E-state index contributed by atoms with van der Waals surface area (Å²) in [4.78, 5) is 2.30. The molecule has 2 heteroatoms. The predicted octanol–water partition coefficient (Wildman–Crippen LogP) is 4.48. The van der Waals surface area contributed by atoms with E-state index in [1.807, 2.05) is 0 Å². The molecule has 21 heavy (non-hydrogen) atoms. The van der Waals surface area contributed by atoms with E-state index < -0.39 is 0 Å². The number of aryl methyl sites for hydroxylation is 2. The minimum Gasteiger partial charge on any atom is -0.351 e. The van der Waals surface area contributed by atoms with Crippen molar-refractivity contribution in [1.82, 2.24) is 4.57 Å². The zero-order chi connectivity index (χ0) is 14.6. The molecule has 0 spiro atoms. The Kier molecular flexibility index (Phi) is 2.49. The number of anilines is 1. The van der Waals surface area contributed by atoms with Crippen molar-refractivity contribution in [3.8, 4) is 0 Å². The van der Waals surface area contributed by atoms with E-state index in [9.17, 15) is 0 Å². The van der Waals surface area contributed by atoms with E-state index in [1.54, 1.807) is 0 Å². The lowest BCUT2D eigenvalue weighted by molar-refractivity contribution is 0.968. The Bertz CT molecular complexity index is 870. The highest BCUT2D eigenvalue weighted by Gasteiger charge is 2.23. The molecule has 104 valence electrons. The Labute approximate surface area is 124 Å². The van der Waals surface area contributed by atoms with E-state index in [0.29, 0.717) is 0 Å². The van der Waals surface area contributed by atoms with Crippen LogP contribution in [0.25, 0.3) is 16.6 Å². The Hall–Kier alpha value is -2.48. The monoisotopic (exact) mass is 274 g/mol. The van der Waals surface area contributed by atoms with Crippen molar-refractivity contribution in [3.05, 3.63) is 71.9 Å². The maximum absolute atomic E-state index is 4.30. The maximum Gasteiger partial charge on any atom is 0.0488 e. The second-order valence-electron chi connectivity index (χ2n) is 5.86. The molecule has 1 aliphatic rings. The van der Waals surface area contributed by atoms with Crippen LogP contribution in [-0.2, 0) is 13.6 Å². The summed E-state index contributed by atoms with van der Waals surface area (Å²) >= 11 is 0. The third kappa shape index (κ3) is 1.79. The Balaban J connectivity index is 1.78. The summed E-state index contributed by atoms with van der Waals surface area (Å²) in [5.41, 5.74) is 7.51. The van der Waals surface area contributed by atoms with Crippen molar-refractivity contribution in [2.75, 3.05) is 4.90 Å². The van der Waals surface area contributed by atoms with Crippen LogP contribution >= 0.6 is 0 Å². The first-order valence-corrected chi connectivity index (χ1v) is 7.25. The highest BCUT2D eigenvalue weighted by molar-refractivity contribution is 5.89. The minimum atomic E-state index is 0.910. The number of hydrogen-bond acceptors (Lipinski definition) is 1. The number of aromatic nitrogens is 1. The van der Waals surface area contributed by atoms with Gasteiger partial charge in [-0.1, -0.05) is 24.3 Å². The van der Waals surface area contributed by atoms with Gasteiger partial charge in [0, 0.05) is 47.6 Å². The van der Waals surface area contributed by atoms with Crippen LogP contribution in [-0.4, -0.2) is 4.57 Å². The third-order valence-electron chi connectivity index (χ3n) is 4.41. The fourth-order valence-corrected chi connectivity index (χ4v) is 3.19. The molecule has 0 radical (unpaired) electrons. The van der Waals surface area contributed by atoms with Crippen LogP contribution in [0, 0.1) is 6.92 Å². The van der Waals surface area contributed by atoms with Crippen molar-refractivity contribution in [3.63, 3.8) is 0 Å². The molecule has 0 fully saturated rings. The van der Waals surface area contributed by atoms with Crippen LogP contribution in [0.2, 0.25) is 0 Å². The van der Waals surface area contributed by atoms with Gasteiger partial charge in [-0.05, 0) is 42.8 Å². The molecular weight excluding hydrogens is 256 g/mol. The van der Waals surface area contributed by atoms with Crippen LogP contribution in [0.5, 0.6) is 0 Å². The number of hydrogen-bond donors (Lipinski definition) is 0. The predicted molar refractivity (Wildman–Crippen MR) is 89.3 cm³/mol. The standard InChI is InChI=1S/C19H18N2/c1-13-4-5-16-12-21(14(2)18(16)10-13)17-6-7-19-15(11-17)8-9-20(19)3/h4-11H,2,12H2,1,3H3. The van der Waals surface area contributed by atoms with Crippen LogP contribution in [0.4, 0.5) is 5.69 Å². The van der Waals surface area contributed by atoms with Gasteiger partial charge in [-0.3, -0.25) is 0 Å². The van der Waals surface area contributed by atoms with Crippen molar-refractivity contribution < 1.29 is 0 Å². The average molecular weight is 274 g/mol. The fraction of sp³-hybridized carbons (Fsp3) is 0.158. The van der Waals surface area contributed by atoms with Gasteiger partial charge in [-0.25, -0.2) is 0 Å². The first-order valence-electron chi connectivity index (χ1n) is 7.25. The molecule has 2 nitrogen and oxygen atoms in total. The third-order valence-corrected chi connectivity index (χ3v) is 4.41. The van der Waals surface area contributed by atoms with Gasteiger partial charge >= 0.3 is 0 Å². The summed E-state index contributed by atoms with van der Waals surface area (Å²) in [7, 11) is 2.08. The first-order chi connectivity index (χ1) is 10.1. The summed E-state index contributed by atoms with van der Waals surface area (Å²) in [6, 6.07) is 15.4. The topological polar surface area (TPSA) is 8.17 Å². The van der Waals surface area contributed by atoms with Gasteiger partial charge in [0.25, 0.3) is 0 Å². The van der Waals surface area contributed by atoms with Crippen molar-refractivity contribution in [1.29, 1.82) is 0 Å².